The first-order valence-electron chi connectivity index (χ1n) is 21.9. The van der Waals surface area contributed by atoms with Crippen molar-refractivity contribution in [3.63, 3.8) is 0 Å². The first-order chi connectivity index (χ1) is 30.1. The molecule has 2 aromatic carbocycles. The Kier molecular flexibility index (Phi) is 16.0. The molecule has 9 atom stereocenters. The number of anilines is 1. The van der Waals surface area contributed by atoms with Crippen LogP contribution >= 0.6 is 0 Å². The number of ketones is 1. The van der Waals surface area contributed by atoms with Crippen molar-refractivity contribution in [2.45, 2.75) is 117 Å². The van der Waals surface area contributed by atoms with Gasteiger partial charge >= 0.3 is 17.7 Å². The van der Waals surface area contributed by atoms with Crippen LogP contribution in [0.15, 0.2) is 41.2 Å². The lowest BCUT2D eigenvalue weighted by molar-refractivity contribution is -0.160. The number of piperazine rings is 1. The molecule has 0 radical (unpaired) electrons. The lowest BCUT2D eigenvalue weighted by Gasteiger charge is -2.38. The van der Waals surface area contributed by atoms with Crippen molar-refractivity contribution in [2.75, 3.05) is 39.0 Å². The summed E-state index contributed by atoms with van der Waals surface area (Å²) in [6, 6.07) is 0.591. The number of hydrogen-bond acceptors (Lipinski definition) is 16. The Labute approximate surface area is 374 Å². The first-order valence-corrected chi connectivity index (χ1v) is 21.9. The van der Waals surface area contributed by atoms with Gasteiger partial charge in [-0.15, -0.1) is 0 Å². The molecule has 8 N–H and O–H groups in total. The average molecular weight is 895 g/mol. The number of hydrogen-bond donors (Lipinski definition) is 7. The summed E-state index contributed by atoms with van der Waals surface area (Å²) in [5.74, 6) is -8.51. The normalized spacial score (nSPS) is 22.7. The predicted molar refractivity (Wildman–Crippen MR) is 240 cm³/mol. The first kappa shape index (κ1) is 49.7. The zero-order chi connectivity index (χ0) is 47.4. The van der Waals surface area contributed by atoms with Crippen LogP contribution < -0.4 is 10.5 Å². The van der Waals surface area contributed by atoms with E-state index in [1.54, 1.807) is 33.8 Å². The molecule has 1 saturated heterocycles. The average Bonchev–Trinajstić information content (AvgIpc) is 3.90. The summed E-state index contributed by atoms with van der Waals surface area (Å²) in [7, 11) is 1.42. The fourth-order valence-corrected chi connectivity index (χ4v) is 9.15. The van der Waals surface area contributed by atoms with Gasteiger partial charge in [0.1, 0.15) is 23.4 Å². The largest absolute Gasteiger partial charge is 0.507 e. The number of phenols is 3. The number of nitrogens with zero attached hydrogens (tertiary/aromatic N) is 3. The minimum absolute atomic E-state index is 0.0368. The topological polar surface area (TPSA) is 254 Å². The molecule has 64 heavy (non-hydrogen) atoms. The number of aromatic hydroxyl groups is 3. The summed E-state index contributed by atoms with van der Waals surface area (Å²) in [5, 5.41) is 72.1. The molecule has 17 nitrogen and oxygen atoms in total. The van der Waals surface area contributed by atoms with E-state index in [0.29, 0.717) is 19.1 Å². The third-order valence-electron chi connectivity index (χ3n) is 13.3. The number of aliphatic hydroxyl groups excluding tert-OH is 2. The summed E-state index contributed by atoms with van der Waals surface area (Å²) in [6.07, 6.45) is 9.53. The van der Waals surface area contributed by atoms with Gasteiger partial charge in [-0.1, -0.05) is 58.8 Å². The molecule has 0 aromatic heterocycles. The number of ether oxygens (including phenoxy) is 4. The number of hydrazone groups is 1. The quantitative estimate of drug-likeness (QED) is 0.0145. The molecule has 1 aliphatic carbocycles. The van der Waals surface area contributed by atoms with E-state index in [1.165, 1.54) is 91.2 Å². The standard InChI is InChI=1S/C47H66N4O13/c1-24(13-12-14-25(2)46(59)60)38(53)27(4)39(54)28(5)43(63-30(7)52)26(3)33(61-9)17-22-62-47(8)45(58)36-34-35(40(55)29(6)44(36)64-47)42(57)37(48)32(41(34)56)23-49-51-20-18-50(19-21-51)31-15-10-11-16-31/h12-14,17,22-24,26-28,31,33,38-39,43,53-57H,10-11,15-16,18-21,48H2,1-9H3,(H,59,60)/b13-12+,22-17+,25-14-,49-23+/t24-,26+,27+,28+,33-,38-,39+,43+,47-/m0/s1. The molecule has 2 aromatic rings. The molecule has 0 unspecified atom stereocenters. The second kappa shape index (κ2) is 20.6. The number of nitrogens with two attached hydrogens (primary N) is 1. The lowest BCUT2D eigenvalue weighted by Crippen LogP contribution is -2.47. The number of carboxylic acids is 1. The minimum Gasteiger partial charge on any atom is -0.507 e. The summed E-state index contributed by atoms with van der Waals surface area (Å²) < 4.78 is 23.6. The number of carbonyl (C=O) groups is 3. The van der Waals surface area contributed by atoms with Gasteiger partial charge in [0.25, 0.3) is 5.78 Å². The molecular formula is C47H66N4O13. The second-order valence-corrected chi connectivity index (χ2v) is 17.7. The maximum absolute atomic E-state index is 14.4. The van der Waals surface area contributed by atoms with E-state index in [-0.39, 0.29) is 44.5 Å². The summed E-state index contributed by atoms with van der Waals surface area (Å²) in [6.45, 7) is 15.4. The third kappa shape index (κ3) is 10.3. The minimum atomic E-state index is -2.03. The number of carboxylic acid groups (broad SMARTS) is 1. The number of nitrogen functional groups attached to an aromatic ring is 1. The van der Waals surface area contributed by atoms with Crippen molar-refractivity contribution in [3.05, 3.63) is 52.8 Å². The summed E-state index contributed by atoms with van der Waals surface area (Å²) in [4.78, 5) is 40.3. The van der Waals surface area contributed by atoms with Gasteiger partial charge in [0.2, 0.25) is 0 Å². The van der Waals surface area contributed by atoms with Crippen LogP contribution in [0.1, 0.15) is 95.6 Å². The van der Waals surface area contributed by atoms with Gasteiger partial charge in [-0.25, -0.2) is 4.79 Å². The van der Waals surface area contributed by atoms with Gasteiger partial charge in [-0.2, -0.15) is 5.10 Å². The van der Waals surface area contributed by atoms with Crippen LogP contribution in [0.4, 0.5) is 5.69 Å². The van der Waals surface area contributed by atoms with E-state index < -0.39 is 88.8 Å². The van der Waals surface area contributed by atoms with Crippen LogP contribution in [-0.2, 0) is 23.8 Å². The number of aliphatic carboxylic acids is 1. The Hall–Kier alpha value is -5.36. The van der Waals surface area contributed by atoms with Crippen LogP contribution in [-0.4, -0.2) is 134 Å². The SMILES string of the molecule is CO[C@@H](/C=C/O[C@@]1(C)Oc2c(C)c(O)c3c(O)c(N)c(/C=N/N4CCN(C5CCCC5)CC4)c(O)c3c2C1=O)[C@@H](C)[C@@H](OC(C)=O)[C@H](C)[C@H](O)[C@H](C)[C@@H](O)[C@@H](C)/C=C/C=C(/C)C(=O)O. The van der Waals surface area contributed by atoms with Crippen molar-refractivity contribution < 1.29 is 64.0 Å². The molecule has 2 fully saturated rings. The Morgan fingerprint density at radius 1 is 0.922 bits per heavy atom. The lowest BCUT2D eigenvalue weighted by atomic mass is 9.78. The summed E-state index contributed by atoms with van der Waals surface area (Å²) in [5.41, 5.74) is 6.14. The number of methoxy groups -OCH3 is 1. The van der Waals surface area contributed by atoms with Gasteiger partial charge in [0.15, 0.2) is 5.75 Å². The number of phenolic OH excluding ortho intramolecular Hbond substituents is 3. The molecule has 352 valence electrons. The molecule has 1 saturated carbocycles. The van der Waals surface area contributed by atoms with Crippen molar-refractivity contribution in [1.82, 2.24) is 9.91 Å². The Morgan fingerprint density at radius 2 is 1.56 bits per heavy atom. The number of esters is 1. The number of aliphatic hydroxyl groups is 2. The van der Waals surface area contributed by atoms with Crippen molar-refractivity contribution in [2.24, 2.45) is 28.8 Å². The maximum Gasteiger partial charge on any atom is 0.331 e. The molecule has 0 amide bonds. The maximum atomic E-state index is 14.4. The third-order valence-corrected chi connectivity index (χ3v) is 13.3. The van der Waals surface area contributed by atoms with E-state index in [9.17, 15) is 39.9 Å². The van der Waals surface area contributed by atoms with E-state index in [4.69, 9.17) is 29.8 Å². The van der Waals surface area contributed by atoms with E-state index in [2.05, 4.69) is 10.0 Å². The van der Waals surface area contributed by atoms with Crippen LogP contribution in [0.25, 0.3) is 10.8 Å². The van der Waals surface area contributed by atoms with Crippen molar-refractivity contribution >= 4 is 40.4 Å². The smallest absolute Gasteiger partial charge is 0.331 e. The Bertz CT molecular complexity index is 2170. The van der Waals surface area contributed by atoms with Gasteiger partial charge in [0, 0.05) is 93.4 Å². The summed E-state index contributed by atoms with van der Waals surface area (Å²) >= 11 is 0. The van der Waals surface area contributed by atoms with Crippen LogP contribution in [0.2, 0.25) is 0 Å². The predicted octanol–water partition coefficient (Wildman–Crippen LogP) is 5.36. The highest BCUT2D eigenvalue weighted by molar-refractivity contribution is 6.22. The van der Waals surface area contributed by atoms with Gasteiger partial charge < -0.3 is 55.3 Å². The molecule has 17 heteroatoms. The van der Waals surface area contributed by atoms with E-state index >= 15 is 0 Å². The van der Waals surface area contributed by atoms with Gasteiger partial charge in [0.05, 0.1) is 53.0 Å². The van der Waals surface area contributed by atoms with Crippen LogP contribution in [0.5, 0.6) is 23.0 Å². The van der Waals surface area contributed by atoms with Gasteiger partial charge in [-0.05, 0) is 32.8 Å². The van der Waals surface area contributed by atoms with E-state index in [0.717, 1.165) is 13.1 Å². The number of rotatable bonds is 18. The molecule has 2 aliphatic heterocycles. The highest BCUT2D eigenvalue weighted by atomic mass is 16.7. The number of fused-ring (bicyclic) bond motifs is 3. The fraction of sp³-hybridized carbons (Fsp3) is 0.574. The zero-order valence-corrected chi connectivity index (χ0v) is 38.3. The van der Waals surface area contributed by atoms with Crippen LogP contribution in [0.3, 0.4) is 0 Å². The number of benzene rings is 2. The zero-order valence-electron chi connectivity index (χ0n) is 38.3. The Morgan fingerprint density at radius 3 is 2.16 bits per heavy atom. The molecule has 0 bridgehead atoms. The van der Waals surface area contributed by atoms with Crippen LogP contribution in [0, 0.1) is 30.6 Å². The molecule has 0 spiro atoms. The molecule has 2 heterocycles. The monoisotopic (exact) mass is 894 g/mol. The molecule has 5 rings (SSSR count). The number of allylic oxidation sites excluding steroid dienone is 2. The highest BCUT2D eigenvalue weighted by Gasteiger charge is 2.50. The number of carbonyl (C=O) groups excluding carboxylic acids is 2. The molecular weight excluding hydrogens is 829 g/mol. The number of Topliss-reactive ketones (excluding diaryl/α,β-unsaturated/α-hetero) is 1. The van der Waals surface area contributed by atoms with Crippen molar-refractivity contribution in [1.29, 1.82) is 0 Å². The van der Waals surface area contributed by atoms with Gasteiger partial charge in [-0.3, -0.25) is 19.5 Å². The second-order valence-electron chi connectivity index (χ2n) is 17.7. The Balaban J connectivity index is 1.35. The fourth-order valence-electron chi connectivity index (χ4n) is 9.15. The van der Waals surface area contributed by atoms with E-state index in [1.807, 2.05) is 5.01 Å². The molecule has 3 aliphatic rings. The highest BCUT2D eigenvalue weighted by Crippen LogP contribution is 2.54. The van der Waals surface area contributed by atoms with Crippen molar-refractivity contribution in [3.8, 4) is 23.0 Å².